The summed E-state index contributed by atoms with van der Waals surface area (Å²) in [5.41, 5.74) is 5.28. The molecule has 2 amide bonds. The van der Waals surface area contributed by atoms with Gasteiger partial charge in [-0.3, -0.25) is 14.7 Å². The van der Waals surface area contributed by atoms with Crippen LogP contribution in [-0.4, -0.2) is 39.6 Å². The summed E-state index contributed by atoms with van der Waals surface area (Å²) in [6.45, 7) is 6.13. The van der Waals surface area contributed by atoms with Crippen LogP contribution in [-0.2, 0) is 4.79 Å². The fourth-order valence-electron chi connectivity index (χ4n) is 1.16. The first kappa shape index (κ1) is 13.9. The summed E-state index contributed by atoms with van der Waals surface area (Å²) < 4.78 is 0. The minimum Gasteiger partial charge on any atom is -0.366 e. The van der Waals surface area contributed by atoms with E-state index in [4.69, 9.17) is 5.73 Å². The Morgan fingerprint density at radius 2 is 2.06 bits per heavy atom. The van der Waals surface area contributed by atoms with E-state index in [0.717, 1.165) is 0 Å². The number of amides is 2. The first-order valence-corrected chi connectivity index (χ1v) is 5.66. The quantitative estimate of drug-likeness (QED) is 0.551. The second-order valence-corrected chi connectivity index (χ2v) is 4.38. The van der Waals surface area contributed by atoms with Crippen LogP contribution in [0, 0.1) is 5.92 Å². The number of aromatic amines is 1. The van der Waals surface area contributed by atoms with Crippen molar-refractivity contribution < 1.29 is 9.59 Å². The van der Waals surface area contributed by atoms with E-state index < -0.39 is 11.9 Å². The summed E-state index contributed by atoms with van der Waals surface area (Å²) in [4.78, 5) is 26.9. The van der Waals surface area contributed by atoms with Crippen LogP contribution in [0.5, 0.6) is 0 Å². The van der Waals surface area contributed by atoms with Gasteiger partial charge in [-0.25, -0.2) is 0 Å². The molecule has 1 rings (SSSR count). The Balaban J connectivity index is 2.46. The van der Waals surface area contributed by atoms with E-state index in [1.165, 1.54) is 0 Å². The van der Waals surface area contributed by atoms with Gasteiger partial charge < -0.3 is 16.4 Å². The highest BCUT2D eigenvalue weighted by Crippen LogP contribution is 1.94. The fraction of sp³-hybridized carbons (Fsp3) is 0.600. The van der Waals surface area contributed by atoms with Gasteiger partial charge in [0.1, 0.15) is 6.04 Å². The normalized spacial score (nSPS) is 12.2. The molecule has 1 aromatic heterocycles. The van der Waals surface area contributed by atoms with Crippen LogP contribution in [0.2, 0.25) is 0 Å². The average molecular weight is 254 g/mol. The predicted molar refractivity (Wildman–Crippen MR) is 65.6 cm³/mol. The Morgan fingerprint density at radius 1 is 1.39 bits per heavy atom. The Labute approximate surface area is 105 Å². The highest BCUT2D eigenvalue weighted by molar-refractivity contribution is 5.94. The maximum Gasteiger partial charge on any atom is 0.289 e. The van der Waals surface area contributed by atoms with Crippen LogP contribution in [0.25, 0.3) is 0 Å². The van der Waals surface area contributed by atoms with E-state index in [0.29, 0.717) is 12.5 Å². The third kappa shape index (κ3) is 4.04. The molecule has 0 aliphatic heterocycles. The monoisotopic (exact) mass is 254 g/mol. The lowest BCUT2D eigenvalue weighted by molar-refractivity contribution is -0.122. The van der Waals surface area contributed by atoms with Crippen molar-refractivity contribution in [3.05, 3.63) is 5.82 Å². The standard InChI is InChI=1S/C10H18N6O2/c1-5(2)4-12-8(17)6(3)13-9(18)7-14-10(11)16-15-7/h5-6H,4H2,1-3H3,(H,12,17)(H,13,18)(H3,11,14,15,16). The number of carbonyl (C=O) groups excluding carboxylic acids is 2. The molecule has 0 aliphatic rings. The number of aromatic nitrogens is 3. The van der Waals surface area contributed by atoms with Gasteiger partial charge in [0.15, 0.2) is 0 Å². The van der Waals surface area contributed by atoms with Gasteiger partial charge in [-0.2, -0.15) is 4.98 Å². The lowest BCUT2D eigenvalue weighted by Crippen LogP contribution is -2.45. The van der Waals surface area contributed by atoms with E-state index in [9.17, 15) is 9.59 Å². The molecule has 1 heterocycles. The maximum atomic E-state index is 11.6. The minimum atomic E-state index is -0.650. The topological polar surface area (TPSA) is 126 Å². The molecule has 8 nitrogen and oxygen atoms in total. The van der Waals surface area contributed by atoms with Crippen molar-refractivity contribution in [3.63, 3.8) is 0 Å². The smallest absolute Gasteiger partial charge is 0.289 e. The number of nitrogens with one attached hydrogen (secondary N) is 3. The zero-order valence-electron chi connectivity index (χ0n) is 10.7. The molecule has 5 N–H and O–H groups in total. The number of nitrogens with two attached hydrogens (primary N) is 1. The number of nitrogens with zero attached hydrogens (tertiary/aromatic N) is 2. The van der Waals surface area contributed by atoms with Crippen molar-refractivity contribution in [1.29, 1.82) is 0 Å². The van der Waals surface area contributed by atoms with Gasteiger partial charge in [0.25, 0.3) is 5.91 Å². The van der Waals surface area contributed by atoms with Gasteiger partial charge in [0.05, 0.1) is 0 Å². The molecule has 100 valence electrons. The lowest BCUT2D eigenvalue weighted by atomic mass is 10.2. The Kier molecular flexibility index (Phi) is 4.64. The van der Waals surface area contributed by atoms with E-state index in [2.05, 4.69) is 25.8 Å². The Morgan fingerprint density at radius 3 is 2.56 bits per heavy atom. The minimum absolute atomic E-state index is 0.0166. The van der Waals surface area contributed by atoms with E-state index in [1.807, 2.05) is 13.8 Å². The van der Waals surface area contributed by atoms with Gasteiger partial charge in [-0.15, -0.1) is 5.10 Å². The van der Waals surface area contributed by atoms with Gasteiger partial charge in [-0.1, -0.05) is 13.8 Å². The SMILES string of the molecule is CC(C)CNC(=O)C(C)NC(=O)c1nc(N)n[nH]1. The first-order valence-electron chi connectivity index (χ1n) is 5.66. The molecule has 1 aromatic rings. The fourth-order valence-corrected chi connectivity index (χ4v) is 1.16. The maximum absolute atomic E-state index is 11.6. The third-order valence-corrected chi connectivity index (χ3v) is 2.14. The van der Waals surface area contributed by atoms with Crippen molar-refractivity contribution in [2.24, 2.45) is 5.92 Å². The van der Waals surface area contributed by atoms with Crippen molar-refractivity contribution >= 4 is 17.8 Å². The molecule has 0 fully saturated rings. The van der Waals surface area contributed by atoms with E-state index in [-0.39, 0.29) is 17.7 Å². The molecular formula is C10H18N6O2. The van der Waals surface area contributed by atoms with Gasteiger partial charge in [0.2, 0.25) is 17.7 Å². The molecule has 8 heteroatoms. The van der Waals surface area contributed by atoms with Gasteiger partial charge in [-0.05, 0) is 12.8 Å². The summed E-state index contributed by atoms with van der Waals surface area (Å²) in [5.74, 6) is -0.449. The molecular weight excluding hydrogens is 236 g/mol. The van der Waals surface area contributed by atoms with Crippen molar-refractivity contribution in [2.75, 3.05) is 12.3 Å². The zero-order valence-corrected chi connectivity index (χ0v) is 10.7. The predicted octanol–water partition coefficient (Wildman–Crippen LogP) is -0.723. The lowest BCUT2D eigenvalue weighted by Gasteiger charge is -2.14. The molecule has 0 saturated heterocycles. The molecule has 0 radical (unpaired) electrons. The number of rotatable bonds is 5. The number of hydrogen-bond acceptors (Lipinski definition) is 5. The second kappa shape index (κ2) is 5.99. The van der Waals surface area contributed by atoms with Crippen LogP contribution in [0.4, 0.5) is 5.95 Å². The highest BCUT2D eigenvalue weighted by Gasteiger charge is 2.18. The van der Waals surface area contributed by atoms with Crippen molar-refractivity contribution in [1.82, 2.24) is 25.8 Å². The third-order valence-electron chi connectivity index (χ3n) is 2.14. The van der Waals surface area contributed by atoms with Crippen LogP contribution in [0.1, 0.15) is 31.4 Å². The van der Waals surface area contributed by atoms with Gasteiger partial charge >= 0.3 is 0 Å². The Hall–Kier alpha value is -2.12. The molecule has 1 atom stereocenters. The van der Waals surface area contributed by atoms with E-state index in [1.54, 1.807) is 6.92 Å². The average Bonchev–Trinajstić information content (AvgIpc) is 2.72. The van der Waals surface area contributed by atoms with Crippen LogP contribution in [0.3, 0.4) is 0 Å². The molecule has 1 unspecified atom stereocenters. The molecule has 0 saturated carbocycles. The zero-order chi connectivity index (χ0) is 13.7. The largest absolute Gasteiger partial charge is 0.366 e. The van der Waals surface area contributed by atoms with Gasteiger partial charge in [0, 0.05) is 6.54 Å². The summed E-state index contributed by atoms with van der Waals surface area (Å²) in [6.07, 6.45) is 0. The number of hydrogen-bond donors (Lipinski definition) is 4. The first-order chi connectivity index (χ1) is 8.40. The number of anilines is 1. The number of nitrogen functional groups attached to an aromatic ring is 1. The second-order valence-electron chi connectivity index (χ2n) is 4.38. The van der Waals surface area contributed by atoms with Crippen molar-refractivity contribution in [2.45, 2.75) is 26.8 Å². The molecule has 0 aromatic carbocycles. The van der Waals surface area contributed by atoms with E-state index >= 15 is 0 Å². The van der Waals surface area contributed by atoms with Crippen LogP contribution < -0.4 is 16.4 Å². The van der Waals surface area contributed by atoms with Crippen LogP contribution >= 0.6 is 0 Å². The molecule has 18 heavy (non-hydrogen) atoms. The van der Waals surface area contributed by atoms with Crippen molar-refractivity contribution in [3.8, 4) is 0 Å². The van der Waals surface area contributed by atoms with Crippen LogP contribution in [0.15, 0.2) is 0 Å². The highest BCUT2D eigenvalue weighted by atomic mass is 16.2. The summed E-state index contributed by atoms with van der Waals surface area (Å²) in [6, 6.07) is -0.650. The number of carbonyl (C=O) groups is 2. The summed E-state index contributed by atoms with van der Waals surface area (Å²) >= 11 is 0. The summed E-state index contributed by atoms with van der Waals surface area (Å²) in [5, 5.41) is 11.1. The molecule has 0 aliphatic carbocycles. The molecule has 0 spiro atoms. The number of H-pyrrole nitrogens is 1. The summed E-state index contributed by atoms with van der Waals surface area (Å²) in [7, 11) is 0. The molecule has 0 bridgehead atoms. The Bertz CT molecular complexity index is 428.